The topological polar surface area (TPSA) is 35.2 Å². The molecule has 2 fully saturated rings. The van der Waals surface area contributed by atoms with Gasteiger partial charge in [-0.2, -0.15) is 0 Å². The van der Waals surface area contributed by atoms with Gasteiger partial charge in [-0.3, -0.25) is 0 Å². The highest BCUT2D eigenvalue weighted by molar-refractivity contribution is 8.18. The first-order valence-electron chi connectivity index (χ1n) is 10.5. The van der Waals surface area contributed by atoms with Crippen molar-refractivity contribution in [2.45, 2.75) is 67.6 Å². The zero-order chi connectivity index (χ0) is 19.0. The molecule has 2 atom stereocenters. The van der Waals surface area contributed by atoms with Crippen LogP contribution in [-0.2, 0) is 4.74 Å². The fraction of sp³-hybridized carbons (Fsp3) is 0.652. The molecule has 0 spiro atoms. The first kappa shape index (κ1) is 19.9. The fourth-order valence-electron chi connectivity index (χ4n) is 4.41. The Morgan fingerprint density at radius 2 is 1.89 bits per heavy atom. The SMILES string of the molecule is CC1(OCC2CCC2)C=CC(C(N)(C2=CCCC=C2)C2(C)SCCCS2)=C1. The van der Waals surface area contributed by atoms with Crippen LogP contribution in [-0.4, -0.2) is 33.3 Å². The molecule has 27 heavy (non-hydrogen) atoms. The van der Waals surface area contributed by atoms with Crippen molar-refractivity contribution in [1.82, 2.24) is 0 Å². The van der Waals surface area contributed by atoms with Crippen LogP contribution in [0.15, 0.2) is 47.6 Å². The summed E-state index contributed by atoms with van der Waals surface area (Å²) in [5, 5.41) is 0. The van der Waals surface area contributed by atoms with Crippen molar-refractivity contribution in [3.8, 4) is 0 Å². The Morgan fingerprint density at radius 1 is 1.11 bits per heavy atom. The second kappa shape index (κ2) is 7.78. The van der Waals surface area contributed by atoms with Crippen LogP contribution in [0.1, 0.15) is 52.4 Å². The van der Waals surface area contributed by atoms with Gasteiger partial charge in [0.2, 0.25) is 0 Å². The third-order valence-electron chi connectivity index (χ3n) is 6.56. The average molecular weight is 404 g/mol. The summed E-state index contributed by atoms with van der Waals surface area (Å²) in [5.41, 5.74) is 9.05. The molecule has 1 saturated heterocycles. The van der Waals surface area contributed by atoms with Gasteiger partial charge >= 0.3 is 0 Å². The molecule has 0 amide bonds. The third-order valence-corrected chi connectivity index (χ3v) is 9.99. The van der Waals surface area contributed by atoms with E-state index in [1.165, 1.54) is 48.3 Å². The Hall–Kier alpha value is -0.420. The Balaban J connectivity index is 1.64. The number of thioether (sulfide) groups is 2. The van der Waals surface area contributed by atoms with Gasteiger partial charge in [0, 0.05) is 0 Å². The Morgan fingerprint density at radius 3 is 2.52 bits per heavy atom. The molecule has 4 aliphatic rings. The van der Waals surface area contributed by atoms with Crippen molar-refractivity contribution in [1.29, 1.82) is 0 Å². The second-order valence-corrected chi connectivity index (χ2v) is 12.0. The van der Waals surface area contributed by atoms with Crippen LogP contribution in [0.3, 0.4) is 0 Å². The lowest BCUT2D eigenvalue weighted by molar-refractivity contribution is 0.00123. The van der Waals surface area contributed by atoms with Crippen molar-refractivity contribution in [3.05, 3.63) is 47.6 Å². The van der Waals surface area contributed by atoms with Gasteiger partial charge in [0.1, 0.15) is 5.60 Å². The molecule has 0 radical (unpaired) electrons. The summed E-state index contributed by atoms with van der Waals surface area (Å²) in [5.74, 6) is 3.12. The molecule has 148 valence electrons. The Labute approximate surface area is 173 Å². The number of nitrogens with two attached hydrogens (primary N) is 1. The minimum absolute atomic E-state index is 0.0614. The predicted octanol–water partition coefficient (Wildman–Crippen LogP) is 5.62. The van der Waals surface area contributed by atoms with E-state index in [2.05, 4.69) is 50.3 Å². The van der Waals surface area contributed by atoms with E-state index < -0.39 is 5.54 Å². The van der Waals surface area contributed by atoms with E-state index in [0.717, 1.165) is 25.4 Å². The van der Waals surface area contributed by atoms with Crippen LogP contribution >= 0.6 is 23.5 Å². The molecule has 2 nitrogen and oxygen atoms in total. The Bertz CT molecular complexity index is 684. The second-order valence-electron chi connectivity index (χ2n) is 8.67. The molecule has 0 aromatic carbocycles. The van der Waals surface area contributed by atoms with Gasteiger partial charge in [0.25, 0.3) is 0 Å². The van der Waals surface area contributed by atoms with Gasteiger partial charge in [-0.05, 0) is 86.7 Å². The van der Waals surface area contributed by atoms with Crippen molar-refractivity contribution in [3.63, 3.8) is 0 Å². The van der Waals surface area contributed by atoms with E-state index in [0.29, 0.717) is 0 Å². The van der Waals surface area contributed by atoms with Gasteiger partial charge in [-0.1, -0.05) is 30.7 Å². The predicted molar refractivity (Wildman–Crippen MR) is 120 cm³/mol. The fourth-order valence-corrected chi connectivity index (χ4v) is 7.71. The number of hydrogen-bond donors (Lipinski definition) is 1. The maximum absolute atomic E-state index is 7.37. The minimum Gasteiger partial charge on any atom is -0.367 e. The molecule has 4 heteroatoms. The van der Waals surface area contributed by atoms with Gasteiger partial charge in [-0.25, -0.2) is 0 Å². The summed E-state index contributed by atoms with van der Waals surface area (Å²) in [6.45, 7) is 5.40. The third kappa shape index (κ3) is 3.75. The molecular weight excluding hydrogens is 370 g/mol. The largest absolute Gasteiger partial charge is 0.367 e. The quantitative estimate of drug-likeness (QED) is 0.624. The highest BCUT2D eigenvalue weighted by Crippen LogP contribution is 2.55. The van der Waals surface area contributed by atoms with Crippen LogP contribution in [0.25, 0.3) is 0 Å². The lowest BCUT2D eigenvalue weighted by Crippen LogP contribution is -2.58. The molecule has 4 rings (SSSR count). The maximum Gasteiger partial charge on any atom is 0.102 e. The van der Waals surface area contributed by atoms with E-state index in [1.54, 1.807) is 0 Å². The van der Waals surface area contributed by atoms with Crippen molar-refractivity contribution in [2.24, 2.45) is 11.7 Å². The summed E-state index contributed by atoms with van der Waals surface area (Å²) >= 11 is 4.06. The number of hydrogen-bond acceptors (Lipinski definition) is 4. The standard InChI is InChI=1S/C23H33NOS2/c1-21(25-17-18-8-6-9-18)13-12-20(16-21)23(24,19-10-4-3-5-11-19)22(2)26-14-7-15-27-22/h4,10-13,16,18H,3,5-9,14-15,17,24H2,1-2H3. The van der Waals surface area contributed by atoms with E-state index in [-0.39, 0.29) is 9.68 Å². The minimum atomic E-state index is -0.492. The molecule has 1 aliphatic heterocycles. The van der Waals surface area contributed by atoms with Gasteiger partial charge in [0.05, 0.1) is 16.2 Å². The highest BCUT2D eigenvalue weighted by Gasteiger charge is 2.52. The number of allylic oxidation sites excluding steroid dienone is 2. The normalized spacial score (nSPS) is 32.6. The van der Waals surface area contributed by atoms with Crippen LogP contribution in [0.4, 0.5) is 0 Å². The molecule has 2 unspecified atom stereocenters. The first-order chi connectivity index (χ1) is 13.0. The van der Waals surface area contributed by atoms with Gasteiger partial charge in [0.15, 0.2) is 0 Å². The van der Waals surface area contributed by atoms with Gasteiger partial charge in [-0.15, -0.1) is 23.5 Å². The van der Waals surface area contributed by atoms with E-state index in [4.69, 9.17) is 10.5 Å². The highest BCUT2D eigenvalue weighted by atomic mass is 32.2. The van der Waals surface area contributed by atoms with Crippen molar-refractivity contribution in [2.75, 3.05) is 18.1 Å². The van der Waals surface area contributed by atoms with E-state index in [9.17, 15) is 0 Å². The summed E-state index contributed by atoms with van der Waals surface area (Å²) < 4.78 is 6.30. The van der Waals surface area contributed by atoms with Crippen molar-refractivity contribution >= 4 is 23.5 Å². The molecule has 3 aliphatic carbocycles. The summed E-state index contributed by atoms with van der Waals surface area (Å²) in [7, 11) is 0. The molecule has 0 aromatic rings. The Kier molecular flexibility index (Phi) is 5.73. The molecular formula is C23H33NOS2. The summed E-state index contributed by atoms with van der Waals surface area (Å²) in [6, 6.07) is 0. The zero-order valence-electron chi connectivity index (χ0n) is 16.7. The molecule has 2 N–H and O–H groups in total. The molecule has 0 bridgehead atoms. The lowest BCUT2D eigenvalue weighted by Gasteiger charge is -2.49. The smallest absolute Gasteiger partial charge is 0.102 e. The van der Waals surface area contributed by atoms with Gasteiger partial charge < -0.3 is 10.5 Å². The lowest BCUT2D eigenvalue weighted by atomic mass is 9.78. The zero-order valence-corrected chi connectivity index (χ0v) is 18.3. The van der Waals surface area contributed by atoms with Crippen molar-refractivity contribution < 1.29 is 4.74 Å². The van der Waals surface area contributed by atoms with E-state index >= 15 is 0 Å². The number of rotatable bonds is 6. The molecule has 1 saturated carbocycles. The number of ether oxygens (including phenoxy) is 1. The average Bonchev–Trinajstić information content (AvgIpc) is 3.04. The monoisotopic (exact) mass is 403 g/mol. The molecule has 1 heterocycles. The maximum atomic E-state index is 7.37. The van der Waals surface area contributed by atoms with Crippen LogP contribution < -0.4 is 5.73 Å². The summed E-state index contributed by atoms with van der Waals surface area (Å²) in [6.07, 6.45) is 21.2. The van der Waals surface area contributed by atoms with Crippen LogP contribution in [0, 0.1) is 5.92 Å². The molecule has 0 aromatic heterocycles. The van der Waals surface area contributed by atoms with Crippen LogP contribution in [0.5, 0.6) is 0 Å². The first-order valence-corrected chi connectivity index (χ1v) is 12.4. The van der Waals surface area contributed by atoms with Crippen LogP contribution in [0.2, 0.25) is 0 Å². The summed E-state index contributed by atoms with van der Waals surface area (Å²) in [4.78, 5) is 0. The van der Waals surface area contributed by atoms with E-state index in [1.807, 2.05) is 23.5 Å².